The van der Waals surface area contributed by atoms with Crippen LogP contribution in [-0.4, -0.2) is 99.0 Å². The largest absolute Gasteiger partial charge is 0.477 e. The zero-order chi connectivity index (χ0) is 21.7. The predicted octanol–water partition coefficient (Wildman–Crippen LogP) is 0.361. The molecule has 0 aliphatic carbocycles. The molecule has 10 heteroatoms. The average molecular weight is 439 g/mol. The second-order valence-electron chi connectivity index (χ2n) is 8.66. The standard InChI is InChI=1S/C20H30N4O5S/c1-4-22-5-6-23(20(22)29)9-12-7-13(8-21-12)30-17-10(2)15-14(11(3)25)18(26)24(15)16(17)19(27)28/h10-15,21,25H,4-9H2,1-3H3,(H,27,28)/t10-,11-,12+,13+,14-,15-/m1/s1. The Morgan fingerprint density at radius 1 is 1.30 bits per heavy atom. The van der Waals surface area contributed by atoms with Gasteiger partial charge in [0.2, 0.25) is 5.91 Å². The van der Waals surface area contributed by atoms with Crippen LogP contribution in [0.4, 0.5) is 4.79 Å². The Hall–Kier alpha value is -1.78. The Labute approximate surface area is 180 Å². The number of aliphatic carboxylic acids is 1. The molecule has 9 nitrogen and oxygen atoms in total. The zero-order valence-electron chi connectivity index (χ0n) is 17.6. The lowest BCUT2D eigenvalue weighted by Crippen LogP contribution is -2.63. The van der Waals surface area contributed by atoms with Crippen molar-refractivity contribution < 1.29 is 24.6 Å². The van der Waals surface area contributed by atoms with Crippen molar-refractivity contribution in [3.63, 3.8) is 0 Å². The maximum Gasteiger partial charge on any atom is 0.353 e. The van der Waals surface area contributed by atoms with E-state index in [-0.39, 0.29) is 40.9 Å². The van der Waals surface area contributed by atoms with Crippen LogP contribution in [-0.2, 0) is 9.59 Å². The molecule has 4 rings (SSSR count). The number of amides is 3. The zero-order valence-corrected chi connectivity index (χ0v) is 18.4. The van der Waals surface area contributed by atoms with E-state index in [0.717, 1.165) is 37.5 Å². The van der Waals surface area contributed by atoms with Crippen molar-refractivity contribution in [1.82, 2.24) is 20.0 Å². The summed E-state index contributed by atoms with van der Waals surface area (Å²) in [5.41, 5.74) is 0.0798. The fraction of sp³-hybridized carbons (Fsp3) is 0.750. The third-order valence-electron chi connectivity index (χ3n) is 6.79. The van der Waals surface area contributed by atoms with Crippen molar-refractivity contribution in [3.8, 4) is 0 Å². The van der Waals surface area contributed by atoms with Gasteiger partial charge in [-0.3, -0.25) is 4.79 Å². The van der Waals surface area contributed by atoms with Gasteiger partial charge in [0.1, 0.15) is 5.70 Å². The van der Waals surface area contributed by atoms with E-state index >= 15 is 0 Å². The van der Waals surface area contributed by atoms with Gasteiger partial charge in [0.15, 0.2) is 0 Å². The minimum atomic E-state index is -1.09. The van der Waals surface area contributed by atoms with Crippen LogP contribution in [0.3, 0.4) is 0 Å². The number of rotatable bonds is 7. The number of carbonyl (C=O) groups is 3. The van der Waals surface area contributed by atoms with Crippen molar-refractivity contribution in [2.24, 2.45) is 11.8 Å². The Morgan fingerprint density at radius 2 is 2.00 bits per heavy atom. The smallest absolute Gasteiger partial charge is 0.353 e. The molecule has 0 radical (unpaired) electrons. The van der Waals surface area contributed by atoms with Crippen LogP contribution in [0.5, 0.6) is 0 Å². The molecular formula is C20H30N4O5S. The van der Waals surface area contributed by atoms with Gasteiger partial charge < -0.3 is 30.2 Å². The van der Waals surface area contributed by atoms with Crippen LogP contribution in [0, 0.1) is 11.8 Å². The fourth-order valence-corrected chi connectivity index (χ4v) is 6.75. The average Bonchev–Trinajstić information content (AvgIpc) is 3.33. The van der Waals surface area contributed by atoms with E-state index in [0.29, 0.717) is 6.54 Å². The molecule has 6 atom stereocenters. The lowest BCUT2D eigenvalue weighted by molar-refractivity contribution is -0.163. The number of carboxylic acid groups (broad SMARTS) is 1. The van der Waals surface area contributed by atoms with Crippen LogP contribution in [0.1, 0.15) is 27.2 Å². The van der Waals surface area contributed by atoms with Gasteiger partial charge >= 0.3 is 12.0 Å². The number of aliphatic hydroxyl groups is 1. The highest BCUT2D eigenvalue weighted by atomic mass is 32.2. The molecule has 0 bridgehead atoms. The number of nitrogens with zero attached hydrogens (tertiary/aromatic N) is 3. The van der Waals surface area contributed by atoms with Crippen LogP contribution >= 0.6 is 11.8 Å². The molecular weight excluding hydrogens is 408 g/mol. The summed E-state index contributed by atoms with van der Waals surface area (Å²) in [6.45, 7) is 9.13. The van der Waals surface area contributed by atoms with E-state index in [1.165, 1.54) is 16.7 Å². The summed E-state index contributed by atoms with van der Waals surface area (Å²) in [5.74, 6) is -2.04. The van der Waals surface area contributed by atoms with Crippen molar-refractivity contribution in [3.05, 3.63) is 10.6 Å². The first kappa shape index (κ1) is 21.5. The number of hydrogen-bond donors (Lipinski definition) is 3. The van der Waals surface area contributed by atoms with E-state index in [4.69, 9.17) is 0 Å². The Kier molecular flexibility index (Phi) is 5.75. The molecule has 0 unspecified atom stereocenters. The molecule has 0 aromatic heterocycles. The first-order valence-electron chi connectivity index (χ1n) is 10.7. The van der Waals surface area contributed by atoms with Gasteiger partial charge in [-0.2, -0.15) is 0 Å². The monoisotopic (exact) mass is 438 g/mol. The number of urea groups is 1. The molecule has 3 fully saturated rings. The second kappa shape index (κ2) is 8.05. The number of hydrogen-bond acceptors (Lipinski definition) is 6. The number of β-lactam (4-membered cyclic amide) rings is 1. The minimum Gasteiger partial charge on any atom is -0.477 e. The van der Waals surface area contributed by atoms with Crippen LogP contribution < -0.4 is 5.32 Å². The number of likely N-dealkylation sites (N-methyl/N-ethyl adjacent to an activating group) is 1. The highest BCUT2D eigenvalue weighted by Crippen LogP contribution is 2.51. The first-order chi connectivity index (χ1) is 14.2. The third kappa shape index (κ3) is 3.38. The lowest BCUT2D eigenvalue weighted by Gasteiger charge is -2.46. The molecule has 166 valence electrons. The van der Waals surface area contributed by atoms with Crippen LogP contribution in [0.2, 0.25) is 0 Å². The van der Waals surface area contributed by atoms with Gasteiger partial charge in [0, 0.05) is 54.8 Å². The molecule has 0 spiro atoms. The topological polar surface area (TPSA) is 113 Å². The van der Waals surface area contributed by atoms with Crippen molar-refractivity contribution in [2.45, 2.75) is 50.6 Å². The summed E-state index contributed by atoms with van der Waals surface area (Å²) in [6, 6.07) is -0.0148. The van der Waals surface area contributed by atoms with E-state index in [1.807, 2.05) is 23.6 Å². The van der Waals surface area contributed by atoms with Gasteiger partial charge in [0.05, 0.1) is 18.1 Å². The van der Waals surface area contributed by atoms with E-state index in [1.54, 1.807) is 6.92 Å². The fourth-order valence-electron chi connectivity index (χ4n) is 5.23. The van der Waals surface area contributed by atoms with Crippen molar-refractivity contribution in [2.75, 3.05) is 32.7 Å². The molecule has 0 aromatic rings. The van der Waals surface area contributed by atoms with Gasteiger partial charge in [0.25, 0.3) is 0 Å². The summed E-state index contributed by atoms with van der Waals surface area (Å²) < 4.78 is 0. The third-order valence-corrected chi connectivity index (χ3v) is 8.30. The van der Waals surface area contributed by atoms with Crippen LogP contribution in [0.15, 0.2) is 10.6 Å². The second-order valence-corrected chi connectivity index (χ2v) is 10.0. The Balaban J connectivity index is 1.41. The minimum absolute atomic E-state index is 0.0798. The summed E-state index contributed by atoms with van der Waals surface area (Å²) in [5, 5.41) is 23.4. The van der Waals surface area contributed by atoms with E-state index < -0.39 is 18.0 Å². The van der Waals surface area contributed by atoms with E-state index in [9.17, 15) is 24.6 Å². The van der Waals surface area contributed by atoms with Gasteiger partial charge in [-0.05, 0) is 20.3 Å². The summed E-state index contributed by atoms with van der Waals surface area (Å²) in [4.78, 5) is 42.5. The Morgan fingerprint density at radius 3 is 2.60 bits per heavy atom. The Bertz CT molecular complexity index is 787. The number of carboxylic acids is 1. The van der Waals surface area contributed by atoms with Gasteiger partial charge in [-0.15, -0.1) is 11.8 Å². The quantitative estimate of drug-likeness (QED) is 0.492. The molecule has 4 aliphatic heterocycles. The summed E-state index contributed by atoms with van der Waals surface area (Å²) in [7, 11) is 0. The molecule has 3 N–H and O–H groups in total. The number of carbonyl (C=O) groups excluding carboxylic acids is 2. The van der Waals surface area contributed by atoms with Crippen molar-refractivity contribution >= 4 is 29.7 Å². The number of aliphatic hydroxyl groups excluding tert-OH is 1. The van der Waals surface area contributed by atoms with Crippen LogP contribution in [0.25, 0.3) is 0 Å². The lowest BCUT2D eigenvalue weighted by atomic mass is 9.79. The molecule has 3 saturated heterocycles. The highest BCUT2D eigenvalue weighted by Gasteiger charge is 2.60. The summed E-state index contributed by atoms with van der Waals surface area (Å²) >= 11 is 1.54. The number of fused-ring (bicyclic) bond motifs is 1. The van der Waals surface area contributed by atoms with Gasteiger partial charge in [-0.1, -0.05) is 6.92 Å². The summed E-state index contributed by atoms with van der Waals surface area (Å²) in [6.07, 6.45) is 0.0427. The first-order valence-corrected chi connectivity index (χ1v) is 11.5. The molecule has 3 amide bonds. The molecule has 4 aliphatic rings. The van der Waals surface area contributed by atoms with Crippen molar-refractivity contribution in [1.29, 1.82) is 0 Å². The SMILES string of the molecule is CCN1CCN(C[C@@H]2C[C@H](SC3=C(C(=O)O)N4C(=O)[C@H]([C@@H](C)O)[C@H]4[C@H]3C)CN2)C1=O. The van der Waals surface area contributed by atoms with Gasteiger partial charge in [-0.25, -0.2) is 9.59 Å². The number of nitrogens with one attached hydrogen (secondary N) is 1. The molecule has 30 heavy (non-hydrogen) atoms. The maximum atomic E-state index is 12.5. The maximum absolute atomic E-state index is 12.5. The molecule has 0 saturated carbocycles. The molecule has 0 aromatic carbocycles. The van der Waals surface area contributed by atoms with E-state index in [2.05, 4.69) is 5.32 Å². The predicted molar refractivity (Wildman–Crippen MR) is 112 cm³/mol. The highest BCUT2D eigenvalue weighted by molar-refractivity contribution is 8.03. The molecule has 4 heterocycles. The number of thioether (sulfide) groups is 1. The normalized spacial score (nSPS) is 34.7.